The number of benzene rings is 2. The zero-order valence-corrected chi connectivity index (χ0v) is 10.4. The van der Waals surface area contributed by atoms with E-state index in [0.717, 1.165) is 18.2 Å². The Labute approximate surface area is 113 Å². The van der Waals surface area contributed by atoms with Gasteiger partial charge in [0.1, 0.15) is 24.8 Å². The van der Waals surface area contributed by atoms with E-state index in [9.17, 15) is 13.6 Å². The number of hydrogen-bond acceptors (Lipinski definition) is 3. The normalized spacial score (nSPS) is 13.1. The SMILES string of the molecule is O=C(c1cc(F)cc(F)c1)c1cccc2c1OCCO2. The zero-order valence-electron chi connectivity index (χ0n) is 10.4. The molecule has 1 aliphatic rings. The van der Waals surface area contributed by atoms with Crippen LogP contribution >= 0.6 is 0 Å². The molecule has 0 unspecified atom stereocenters. The average Bonchev–Trinajstić information content (AvgIpc) is 2.45. The topological polar surface area (TPSA) is 35.5 Å². The van der Waals surface area contributed by atoms with Crippen molar-refractivity contribution in [3.05, 3.63) is 59.2 Å². The Balaban J connectivity index is 2.06. The van der Waals surface area contributed by atoms with E-state index in [1.807, 2.05) is 0 Å². The maximum absolute atomic E-state index is 13.2. The number of ketones is 1. The van der Waals surface area contributed by atoms with Crippen molar-refractivity contribution in [1.29, 1.82) is 0 Å². The molecule has 0 amide bonds. The molecule has 0 atom stereocenters. The molecule has 0 saturated heterocycles. The van der Waals surface area contributed by atoms with Gasteiger partial charge in [0.2, 0.25) is 0 Å². The van der Waals surface area contributed by atoms with Crippen LogP contribution in [0.15, 0.2) is 36.4 Å². The van der Waals surface area contributed by atoms with Gasteiger partial charge in [0.15, 0.2) is 17.3 Å². The zero-order chi connectivity index (χ0) is 14.1. The molecule has 0 bridgehead atoms. The van der Waals surface area contributed by atoms with Crippen molar-refractivity contribution < 1.29 is 23.0 Å². The number of para-hydroxylation sites is 1. The van der Waals surface area contributed by atoms with Crippen LogP contribution in [0.2, 0.25) is 0 Å². The summed E-state index contributed by atoms with van der Waals surface area (Å²) in [6, 6.07) is 7.56. The van der Waals surface area contributed by atoms with E-state index >= 15 is 0 Å². The molecule has 2 aromatic carbocycles. The first-order valence-electron chi connectivity index (χ1n) is 6.04. The van der Waals surface area contributed by atoms with Crippen LogP contribution in [-0.4, -0.2) is 19.0 Å². The molecule has 3 nitrogen and oxygen atoms in total. The van der Waals surface area contributed by atoms with Crippen molar-refractivity contribution in [2.75, 3.05) is 13.2 Å². The van der Waals surface area contributed by atoms with Gasteiger partial charge in [-0.2, -0.15) is 0 Å². The van der Waals surface area contributed by atoms with Gasteiger partial charge in [-0.1, -0.05) is 6.07 Å². The second kappa shape index (κ2) is 4.92. The van der Waals surface area contributed by atoms with Crippen molar-refractivity contribution in [3.8, 4) is 11.5 Å². The number of fused-ring (bicyclic) bond motifs is 1. The first-order valence-corrected chi connectivity index (χ1v) is 6.04. The molecule has 0 spiro atoms. The predicted molar refractivity (Wildman–Crippen MR) is 67.2 cm³/mol. The highest BCUT2D eigenvalue weighted by Crippen LogP contribution is 2.34. The summed E-state index contributed by atoms with van der Waals surface area (Å²) < 4.78 is 37.2. The quantitative estimate of drug-likeness (QED) is 0.791. The third kappa shape index (κ3) is 2.22. The van der Waals surface area contributed by atoms with Crippen molar-refractivity contribution in [1.82, 2.24) is 0 Å². The van der Waals surface area contributed by atoms with E-state index in [1.54, 1.807) is 18.2 Å². The second-order valence-corrected chi connectivity index (χ2v) is 4.32. The summed E-state index contributed by atoms with van der Waals surface area (Å²) in [7, 11) is 0. The molecule has 1 aliphatic heterocycles. The summed E-state index contributed by atoms with van der Waals surface area (Å²) in [5, 5.41) is 0. The molecule has 1 heterocycles. The summed E-state index contributed by atoms with van der Waals surface area (Å²) in [4.78, 5) is 12.4. The third-order valence-electron chi connectivity index (χ3n) is 2.94. The first-order chi connectivity index (χ1) is 9.65. The largest absolute Gasteiger partial charge is 0.486 e. The van der Waals surface area contributed by atoms with E-state index in [2.05, 4.69) is 0 Å². The molecule has 0 aromatic heterocycles. The minimum atomic E-state index is -0.796. The van der Waals surface area contributed by atoms with Gasteiger partial charge in [0, 0.05) is 11.6 Å². The Kier molecular flexibility index (Phi) is 3.10. The fourth-order valence-corrected chi connectivity index (χ4v) is 2.09. The lowest BCUT2D eigenvalue weighted by Gasteiger charge is -2.20. The molecule has 0 aliphatic carbocycles. The van der Waals surface area contributed by atoms with Gasteiger partial charge in [0.05, 0.1) is 5.56 Å². The molecule has 20 heavy (non-hydrogen) atoms. The lowest BCUT2D eigenvalue weighted by molar-refractivity contribution is 0.102. The standard InChI is InChI=1S/C15H10F2O3/c16-10-6-9(7-11(17)8-10)14(18)12-2-1-3-13-15(12)20-5-4-19-13/h1-3,6-8H,4-5H2. The van der Waals surface area contributed by atoms with Crippen LogP contribution in [-0.2, 0) is 0 Å². The van der Waals surface area contributed by atoms with E-state index in [0.29, 0.717) is 24.7 Å². The summed E-state index contributed by atoms with van der Waals surface area (Å²) >= 11 is 0. The lowest BCUT2D eigenvalue weighted by Crippen LogP contribution is -2.18. The monoisotopic (exact) mass is 276 g/mol. The van der Waals surface area contributed by atoms with Gasteiger partial charge in [-0.3, -0.25) is 4.79 Å². The third-order valence-corrected chi connectivity index (χ3v) is 2.94. The number of ether oxygens (including phenoxy) is 2. The number of carbonyl (C=O) groups excluding carboxylic acids is 1. The van der Waals surface area contributed by atoms with Crippen LogP contribution in [0.1, 0.15) is 15.9 Å². The van der Waals surface area contributed by atoms with Crippen molar-refractivity contribution in [2.24, 2.45) is 0 Å². The average molecular weight is 276 g/mol. The van der Waals surface area contributed by atoms with Crippen molar-refractivity contribution in [3.63, 3.8) is 0 Å². The molecule has 0 N–H and O–H groups in total. The Hall–Kier alpha value is -2.43. The van der Waals surface area contributed by atoms with Gasteiger partial charge in [-0.25, -0.2) is 8.78 Å². The van der Waals surface area contributed by atoms with E-state index in [-0.39, 0.29) is 11.1 Å². The van der Waals surface area contributed by atoms with Crippen LogP contribution in [0.25, 0.3) is 0 Å². The fraction of sp³-hybridized carbons (Fsp3) is 0.133. The molecule has 0 radical (unpaired) electrons. The van der Waals surface area contributed by atoms with E-state index in [4.69, 9.17) is 9.47 Å². The molecule has 5 heteroatoms. The number of rotatable bonds is 2. The molecule has 2 aromatic rings. The lowest BCUT2D eigenvalue weighted by atomic mass is 10.0. The highest BCUT2D eigenvalue weighted by Gasteiger charge is 2.22. The van der Waals surface area contributed by atoms with Crippen LogP contribution < -0.4 is 9.47 Å². The summed E-state index contributed by atoms with van der Waals surface area (Å²) in [6.07, 6.45) is 0. The predicted octanol–water partition coefficient (Wildman–Crippen LogP) is 2.97. The molecule has 102 valence electrons. The number of hydrogen-bond donors (Lipinski definition) is 0. The van der Waals surface area contributed by atoms with Crippen molar-refractivity contribution >= 4 is 5.78 Å². The minimum Gasteiger partial charge on any atom is -0.486 e. The molecule has 3 rings (SSSR count). The van der Waals surface area contributed by atoms with Gasteiger partial charge in [-0.15, -0.1) is 0 Å². The highest BCUT2D eigenvalue weighted by atomic mass is 19.1. The highest BCUT2D eigenvalue weighted by molar-refractivity contribution is 6.11. The smallest absolute Gasteiger partial charge is 0.197 e. The van der Waals surface area contributed by atoms with Crippen molar-refractivity contribution in [2.45, 2.75) is 0 Å². The first kappa shape index (κ1) is 12.6. The number of carbonyl (C=O) groups is 1. The summed E-state index contributed by atoms with van der Waals surface area (Å²) in [5.74, 6) is -1.33. The van der Waals surface area contributed by atoms with E-state index < -0.39 is 17.4 Å². The van der Waals surface area contributed by atoms with Crippen LogP contribution in [0.5, 0.6) is 11.5 Å². The van der Waals surface area contributed by atoms with E-state index in [1.165, 1.54) is 0 Å². The molecule has 0 saturated carbocycles. The van der Waals surface area contributed by atoms with Gasteiger partial charge in [0.25, 0.3) is 0 Å². The minimum absolute atomic E-state index is 0.0647. The maximum atomic E-state index is 13.2. The second-order valence-electron chi connectivity index (χ2n) is 4.32. The summed E-state index contributed by atoms with van der Waals surface area (Å²) in [5.41, 5.74) is 0.164. The van der Waals surface area contributed by atoms with Gasteiger partial charge >= 0.3 is 0 Å². The van der Waals surface area contributed by atoms with Crippen LogP contribution in [0.4, 0.5) is 8.78 Å². The summed E-state index contributed by atoms with van der Waals surface area (Å²) in [6.45, 7) is 0.730. The van der Waals surface area contributed by atoms with Gasteiger partial charge < -0.3 is 9.47 Å². The molecular weight excluding hydrogens is 266 g/mol. The number of halogens is 2. The van der Waals surface area contributed by atoms with Gasteiger partial charge in [-0.05, 0) is 24.3 Å². The molecule has 0 fully saturated rings. The Morgan fingerprint density at radius 1 is 1.00 bits per heavy atom. The Bertz CT molecular complexity index is 663. The molecular formula is C15H10F2O3. The Morgan fingerprint density at radius 3 is 2.45 bits per heavy atom. The van der Waals surface area contributed by atoms with Crippen LogP contribution in [0.3, 0.4) is 0 Å². The fourth-order valence-electron chi connectivity index (χ4n) is 2.09. The maximum Gasteiger partial charge on any atom is 0.197 e. The van der Waals surface area contributed by atoms with Crippen LogP contribution in [0, 0.1) is 11.6 Å². The Morgan fingerprint density at radius 2 is 1.70 bits per heavy atom.